The Balaban J connectivity index is 1.51. The minimum atomic E-state index is 0.629. The van der Waals surface area contributed by atoms with Gasteiger partial charge in [0.2, 0.25) is 0 Å². The van der Waals surface area contributed by atoms with Crippen molar-refractivity contribution in [2.75, 3.05) is 5.73 Å². The summed E-state index contributed by atoms with van der Waals surface area (Å²) in [7, 11) is 0. The van der Waals surface area contributed by atoms with Gasteiger partial charge in [-0.3, -0.25) is 10.1 Å². The van der Waals surface area contributed by atoms with Crippen LogP contribution >= 0.6 is 0 Å². The van der Waals surface area contributed by atoms with E-state index in [1.54, 1.807) is 18.7 Å². The molecule has 6 aromatic rings. The molecule has 0 atom stereocenters. The molecule has 0 spiro atoms. The zero-order chi connectivity index (χ0) is 20.9. The number of nitrogens with two attached hydrogens (primary N) is 1. The molecule has 0 aliphatic rings. The van der Waals surface area contributed by atoms with Crippen LogP contribution in [0.3, 0.4) is 0 Å². The van der Waals surface area contributed by atoms with Gasteiger partial charge in [0.15, 0.2) is 5.82 Å². The van der Waals surface area contributed by atoms with Crippen LogP contribution in [0.15, 0.2) is 67.4 Å². The predicted molar refractivity (Wildman–Crippen MR) is 121 cm³/mol. The van der Waals surface area contributed by atoms with Gasteiger partial charge in [0.1, 0.15) is 11.2 Å². The maximum Gasteiger partial charge on any atom is 0.159 e. The zero-order valence-electron chi connectivity index (χ0n) is 16.7. The van der Waals surface area contributed by atoms with E-state index in [2.05, 4.69) is 31.2 Å². The van der Waals surface area contributed by atoms with Crippen molar-refractivity contribution in [2.24, 2.45) is 0 Å². The van der Waals surface area contributed by atoms with E-state index in [0.29, 0.717) is 11.5 Å². The minimum absolute atomic E-state index is 0.629. The molecule has 6 rings (SSSR count). The monoisotopic (exact) mass is 406 g/mol. The molecule has 4 N–H and O–H groups in total. The highest BCUT2D eigenvalue weighted by atomic mass is 15.1. The van der Waals surface area contributed by atoms with Crippen molar-refractivity contribution in [2.45, 2.75) is 6.92 Å². The summed E-state index contributed by atoms with van der Waals surface area (Å²) in [5, 5.41) is 8.62. The molecule has 0 radical (unpaired) electrons. The quantitative estimate of drug-likeness (QED) is 0.407. The van der Waals surface area contributed by atoms with Crippen LogP contribution in [0.25, 0.3) is 50.3 Å². The van der Waals surface area contributed by atoms with Crippen LogP contribution in [0.2, 0.25) is 0 Å². The van der Waals surface area contributed by atoms with E-state index in [1.165, 1.54) is 0 Å². The van der Waals surface area contributed by atoms with Crippen LogP contribution in [0.5, 0.6) is 0 Å². The first-order valence-electron chi connectivity index (χ1n) is 9.85. The lowest BCUT2D eigenvalue weighted by atomic mass is 10.0. The number of pyridine rings is 1. The van der Waals surface area contributed by atoms with Crippen molar-refractivity contribution >= 4 is 27.6 Å². The highest BCUT2D eigenvalue weighted by Gasteiger charge is 2.16. The van der Waals surface area contributed by atoms with Gasteiger partial charge in [-0.15, -0.1) is 0 Å². The molecule has 0 aliphatic carbocycles. The predicted octanol–water partition coefficient (Wildman–Crippen LogP) is 4.24. The molecule has 8 heteroatoms. The Bertz CT molecular complexity index is 1570. The number of rotatable bonds is 3. The standard InChI is InChI=1S/C23H18N8/c1-13-11-31(12-26-13)20-4-2-3-19-22(20)28-23(27-19)21-17-8-14(5-6-18(17)29-30-21)15-7-16(24)10-25-9-15/h2-12H,24H2,1H3,(H,27,28)(H,29,30). The second-order valence-corrected chi connectivity index (χ2v) is 7.52. The Morgan fingerprint density at radius 3 is 2.77 bits per heavy atom. The highest BCUT2D eigenvalue weighted by Crippen LogP contribution is 2.31. The van der Waals surface area contributed by atoms with Crippen molar-refractivity contribution in [3.63, 3.8) is 0 Å². The molecule has 0 saturated carbocycles. The molecule has 150 valence electrons. The van der Waals surface area contributed by atoms with Crippen molar-refractivity contribution in [3.05, 3.63) is 73.1 Å². The van der Waals surface area contributed by atoms with Gasteiger partial charge in [-0.05, 0) is 42.8 Å². The Morgan fingerprint density at radius 2 is 1.94 bits per heavy atom. The van der Waals surface area contributed by atoms with Gasteiger partial charge in [-0.2, -0.15) is 5.10 Å². The number of nitrogens with zero attached hydrogens (tertiary/aromatic N) is 5. The SMILES string of the molecule is Cc1cn(-c2cccc3[nH]c(-c4n[nH]c5ccc(-c6cncc(N)c6)cc45)nc23)cn1. The molecule has 31 heavy (non-hydrogen) atoms. The summed E-state index contributed by atoms with van der Waals surface area (Å²) in [6.45, 7) is 1.97. The molecular weight excluding hydrogens is 388 g/mol. The smallest absolute Gasteiger partial charge is 0.159 e. The molecule has 2 aromatic carbocycles. The van der Waals surface area contributed by atoms with Gasteiger partial charge in [-0.25, -0.2) is 9.97 Å². The van der Waals surface area contributed by atoms with Crippen LogP contribution in [0.1, 0.15) is 5.69 Å². The van der Waals surface area contributed by atoms with Gasteiger partial charge >= 0.3 is 0 Å². The van der Waals surface area contributed by atoms with Crippen LogP contribution in [-0.2, 0) is 0 Å². The lowest BCUT2D eigenvalue weighted by molar-refractivity contribution is 1.06. The van der Waals surface area contributed by atoms with Crippen LogP contribution in [0, 0.1) is 6.92 Å². The summed E-state index contributed by atoms with van der Waals surface area (Å²) in [6, 6.07) is 14.1. The maximum absolute atomic E-state index is 5.91. The Kier molecular flexibility index (Phi) is 3.66. The molecule has 8 nitrogen and oxygen atoms in total. The van der Waals surface area contributed by atoms with Gasteiger partial charge in [-0.1, -0.05) is 12.1 Å². The Hall–Kier alpha value is -4.46. The number of aryl methyl sites for hydroxylation is 1. The lowest BCUT2D eigenvalue weighted by Crippen LogP contribution is -1.91. The van der Waals surface area contributed by atoms with E-state index in [1.807, 2.05) is 54.1 Å². The molecule has 0 fully saturated rings. The first kappa shape index (κ1) is 17.4. The number of aromatic amines is 2. The van der Waals surface area contributed by atoms with Gasteiger partial charge in [0.25, 0.3) is 0 Å². The van der Waals surface area contributed by atoms with Crippen LogP contribution in [0.4, 0.5) is 5.69 Å². The number of H-pyrrole nitrogens is 2. The number of imidazole rings is 2. The lowest BCUT2D eigenvalue weighted by Gasteiger charge is -2.03. The van der Waals surface area contributed by atoms with Crippen LogP contribution < -0.4 is 5.73 Å². The molecule has 0 amide bonds. The number of hydrogen-bond donors (Lipinski definition) is 3. The number of nitrogen functional groups attached to an aromatic ring is 1. The largest absolute Gasteiger partial charge is 0.397 e. The third kappa shape index (κ3) is 2.84. The average molecular weight is 406 g/mol. The number of anilines is 1. The van der Waals surface area contributed by atoms with Crippen molar-refractivity contribution in [1.82, 2.24) is 34.7 Å². The normalized spacial score (nSPS) is 11.5. The highest BCUT2D eigenvalue weighted by molar-refractivity contribution is 5.96. The molecule has 0 aliphatic heterocycles. The number of fused-ring (bicyclic) bond motifs is 2. The summed E-state index contributed by atoms with van der Waals surface area (Å²) in [5.74, 6) is 0.702. The fourth-order valence-corrected chi connectivity index (χ4v) is 3.88. The first-order chi connectivity index (χ1) is 15.2. The summed E-state index contributed by atoms with van der Waals surface area (Å²) in [6.07, 6.45) is 7.23. The zero-order valence-corrected chi connectivity index (χ0v) is 16.7. The number of nitrogens with one attached hydrogen (secondary N) is 2. The summed E-state index contributed by atoms with van der Waals surface area (Å²) in [5.41, 5.74) is 13.9. The summed E-state index contributed by atoms with van der Waals surface area (Å²) in [4.78, 5) is 16.8. The molecule has 4 aromatic heterocycles. The van der Waals surface area contributed by atoms with Crippen molar-refractivity contribution < 1.29 is 0 Å². The van der Waals surface area contributed by atoms with E-state index in [4.69, 9.17) is 10.7 Å². The Morgan fingerprint density at radius 1 is 1.00 bits per heavy atom. The fourth-order valence-electron chi connectivity index (χ4n) is 3.88. The number of hydrogen-bond acceptors (Lipinski definition) is 5. The van der Waals surface area contributed by atoms with Gasteiger partial charge in [0, 0.05) is 29.5 Å². The van der Waals surface area contributed by atoms with E-state index < -0.39 is 0 Å². The third-order valence-electron chi connectivity index (χ3n) is 5.36. The van der Waals surface area contributed by atoms with Crippen molar-refractivity contribution in [1.29, 1.82) is 0 Å². The average Bonchev–Trinajstić information content (AvgIpc) is 3.50. The molecule has 0 bridgehead atoms. The topological polar surface area (TPSA) is 114 Å². The van der Waals surface area contributed by atoms with E-state index in [-0.39, 0.29) is 0 Å². The minimum Gasteiger partial charge on any atom is -0.397 e. The molecule has 4 heterocycles. The number of para-hydroxylation sites is 1. The van der Waals surface area contributed by atoms with Crippen LogP contribution in [-0.4, -0.2) is 34.7 Å². The van der Waals surface area contributed by atoms with Gasteiger partial charge in [0.05, 0.1) is 34.4 Å². The van der Waals surface area contributed by atoms with E-state index >= 15 is 0 Å². The summed E-state index contributed by atoms with van der Waals surface area (Å²) >= 11 is 0. The second-order valence-electron chi connectivity index (χ2n) is 7.52. The van der Waals surface area contributed by atoms with Gasteiger partial charge < -0.3 is 15.3 Å². The Labute approximate surface area is 176 Å². The molecular formula is C23H18N8. The summed E-state index contributed by atoms with van der Waals surface area (Å²) < 4.78 is 1.98. The van der Waals surface area contributed by atoms with E-state index in [0.717, 1.165) is 50.1 Å². The maximum atomic E-state index is 5.91. The fraction of sp³-hybridized carbons (Fsp3) is 0.0435. The second kappa shape index (κ2) is 6.53. The molecule has 0 saturated heterocycles. The number of aromatic nitrogens is 7. The number of benzene rings is 2. The third-order valence-corrected chi connectivity index (χ3v) is 5.36. The molecule has 0 unspecified atom stereocenters. The van der Waals surface area contributed by atoms with E-state index in [9.17, 15) is 0 Å². The first-order valence-corrected chi connectivity index (χ1v) is 9.85. The van der Waals surface area contributed by atoms with Crippen molar-refractivity contribution in [3.8, 4) is 28.3 Å².